The zero-order chi connectivity index (χ0) is 21.5. The van der Waals surface area contributed by atoms with Crippen molar-refractivity contribution in [3.05, 3.63) is 71.0 Å². The van der Waals surface area contributed by atoms with E-state index in [1.165, 1.54) is 23.1 Å². The molecule has 0 amide bonds. The van der Waals surface area contributed by atoms with Crippen LogP contribution in [0.4, 0.5) is 4.39 Å². The van der Waals surface area contributed by atoms with Gasteiger partial charge in [0.1, 0.15) is 5.82 Å². The van der Waals surface area contributed by atoms with Crippen molar-refractivity contribution in [3.8, 4) is 0 Å². The number of nitrogens with one attached hydrogen (secondary N) is 2. The Balaban J connectivity index is 1.34. The number of ether oxygens (including phenoxy) is 1. The Morgan fingerprint density at radius 3 is 2.39 bits per heavy atom. The molecule has 0 radical (unpaired) electrons. The van der Waals surface area contributed by atoms with Crippen LogP contribution in [0.15, 0.2) is 53.5 Å². The van der Waals surface area contributed by atoms with Gasteiger partial charge in [0.2, 0.25) is 0 Å². The van der Waals surface area contributed by atoms with E-state index in [2.05, 4.69) is 44.8 Å². The van der Waals surface area contributed by atoms with Crippen molar-refractivity contribution in [2.24, 2.45) is 4.99 Å². The van der Waals surface area contributed by atoms with Crippen molar-refractivity contribution in [2.75, 3.05) is 39.9 Å². The van der Waals surface area contributed by atoms with Gasteiger partial charge in [0, 0.05) is 45.2 Å². The van der Waals surface area contributed by atoms with E-state index in [1.807, 2.05) is 12.1 Å². The van der Waals surface area contributed by atoms with Crippen LogP contribution < -0.4 is 10.6 Å². The van der Waals surface area contributed by atoms with Crippen LogP contribution in [0, 0.1) is 5.82 Å². The molecule has 31 heavy (non-hydrogen) atoms. The van der Waals surface area contributed by atoms with Crippen LogP contribution in [0.3, 0.4) is 0 Å². The lowest BCUT2D eigenvalue weighted by Gasteiger charge is -2.43. The van der Waals surface area contributed by atoms with E-state index in [-0.39, 0.29) is 11.2 Å². The lowest BCUT2D eigenvalue weighted by Crippen LogP contribution is -2.48. The maximum atomic E-state index is 13.4. The van der Waals surface area contributed by atoms with Gasteiger partial charge >= 0.3 is 0 Å². The van der Waals surface area contributed by atoms with Crippen molar-refractivity contribution >= 4 is 5.96 Å². The fourth-order valence-corrected chi connectivity index (χ4v) is 4.51. The average Bonchev–Trinajstić information content (AvgIpc) is 2.78. The predicted molar refractivity (Wildman–Crippen MR) is 123 cm³/mol. The van der Waals surface area contributed by atoms with E-state index in [4.69, 9.17) is 4.74 Å². The highest BCUT2D eigenvalue weighted by Gasteiger charge is 2.38. The molecule has 2 N–H and O–H groups in total. The molecule has 1 heterocycles. The van der Waals surface area contributed by atoms with Gasteiger partial charge in [-0.3, -0.25) is 9.89 Å². The molecule has 0 bridgehead atoms. The molecule has 2 aliphatic rings. The third-order valence-corrected chi connectivity index (χ3v) is 6.65. The Labute approximate surface area is 184 Å². The second kappa shape index (κ2) is 10.2. The first kappa shape index (κ1) is 21.8. The molecule has 6 heteroatoms. The summed E-state index contributed by atoms with van der Waals surface area (Å²) in [4.78, 5) is 6.87. The summed E-state index contributed by atoms with van der Waals surface area (Å²) in [6.07, 6.45) is 3.44. The standard InChI is InChI=1S/C25H33FN4O/c1-27-24(29-19-25(11-4-12-25)22-7-9-23(26)10-8-22)28-17-20-5-2-3-6-21(20)18-30-13-15-31-16-14-30/h2-3,5-10H,4,11-19H2,1H3,(H2,27,28,29). The first-order valence-corrected chi connectivity index (χ1v) is 11.3. The summed E-state index contributed by atoms with van der Waals surface area (Å²) in [6.45, 7) is 6.06. The Hall–Kier alpha value is -2.44. The van der Waals surface area contributed by atoms with Gasteiger partial charge in [-0.1, -0.05) is 42.8 Å². The molecule has 1 saturated carbocycles. The normalized spacial score (nSPS) is 19.0. The summed E-state index contributed by atoms with van der Waals surface area (Å²) in [5.41, 5.74) is 3.90. The summed E-state index contributed by atoms with van der Waals surface area (Å²) in [5.74, 6) is 0.619. The smallest absolute Gasteiger partial charge is 0.191 e. The molecule has 166 valence electrons. The minimum atomic E-state index is -0.181. The van der Waals surface area contributed by atoms with Gasteiger partial charge in [-0.2, -0.15) is 0 Å². The molecule has 2 aromatic rings. The Morgan fingerprint density at radius 2 is 1.74 bits per heavy atom. The Morgan fingerprint density at radius 1 is 1.03 bits per heavy atom. The van der Waals surface area contributed by atoms with Crippen LogP contribution in [0.1, 0.15) is 36.0 Å². The molecular formula is C25H33FN4O. The van der Waals surface area contributed by atoms with Crippen LogP contribution in [0.25, 0.3) is 0 Å². The highest BCUT2D eigenvalue weighted by Crippen LogP contribution is 2.43. The minimum absolute atomic E-state index is 0.0690. The number of hydrogen-bond acceptors (Lipinski definition) is 3. The third kappa shape index (κ3) is 5.43. The molecular weight excluding hydrogens is 391 g/mol. The van der Waals surface area contributed by atoms with Gasteiger partial charge in [-0.25, -0.2) is 4.39 Å². The molecule has 1 aliphatic carbocycles. The zero-order valence-corrected chi connectivity index (χ0v) is 18.4. The van der Waals surface area contributed by atoms with Gasteiger partial charge in [-0.15, -0.1) is 0 Å². The fraction of sp³-hybridized carbons (Fsp3) is 0.480. The van der Waals surface area contributed by atoms with Crippen LogP contribution in [-0.4, -0.2) is 50.8 Å². The Bertz CT molecular complexity index is 873. The zero-order valence-electron chi connectivity index (χ0n) is 18.4. The van der Waals surface area contributed by atoms with Crippen LogP contribution >= 0.6 is 0 Å². The number of aliphatic imine (C=N–C) groups is 1. The third-order valence-electron chi connectivity index (χ3n) is 6.65. The van der Waals surface area contributed by atoms with E-state index in [0.29, 0.717) is 0 Å². The van der Waals surface area contributed by atoms with Crippen molar-refractivity contribution in [2.45, 2.75) is 37.8 Å². The average molecular weight is 425 g/mol. The maximum Gasteiger partial charge on any atom is 0.191 e. The molecule has 0 aromatic heterocycles. The second-order valence-corrected chi connectivity index (χ2v) is 8.58. The number of rotatable bonds is 7. The number of nitrogens with zero attached hydrogens (tertiary/aromatic N) is 2. The van der Waals surface area contributed by atoms with Crippen LogP contribution in [0.2, 0.25) is 0 Å². The van der Waals surface area contributed by atoms with Gasteiger partial charge in [-0.05, 0) is 41.7 Å². The van der Waals surface area contributed by atoms with Crippen molar-refractivity contribution in [3.63, 3.8) is 0 Å². The SMILES string of the molecule is CN=C(NCc1ccccc1CN1CCOCC1)NCC1(c2ccc(F)cc2)CCC1. The summed E-state index contributed by atoms with van der Waals surface area (Å²) in [6, 6.07) is 15.6. The highest BCUT2D eigenvalue weighted by molar-refractivity contribution is 5.79. The number of hydrogen-bond donors (Lipinski definition) is 2. The molecule has 0 spiro atoms. The number of benzene rings is 2. The lowest BCUT2D eigenvalue weighted by atomic mass is 9.64. The van der Waals surface area contributed by atoms with Gasteiger partial charge in [0.05, 0.1) is 13.2 Å². The molecule has 1 aliphatic heterocycles. The van der Waals surface area contributed by atoms with Crippen LogP contribution in [-0.2, 0) is 23.2 Å². The molecule has 1 saturated heterocycles. The fourth-order valence-electron chi connectivity index (χ4n) is 4.51. The number of morpholine rings is 1. The highest BCUT2D eigenvalue weighted by atomic mass is 19.1. The van der Waals surface area contributed by atoms with E-state index >= 15 is 0 Å². The van der Waals surface area contributed by atoms with E-state index in [1.54, 1.807) is 19.2 Å². The molecule has 5 nitrogen and oxygen atoms in total. The molecule has 2 aromatic carbocycles. The second-order valence-electron chi connectivity index (χ2n) is 8.58. The molecule has 2 fully saturated rings. The van der Waals surface area contributed by atoms with Crippen molar-refractivity contribution < 1.29 is 9.13 Å². The van der Waals surface area contributed by atoms with E-state index < -0.39 is 0 Å². The van der Waals surface area contributed by atoms with E-state index in [9.17, 15) is 4.39 Å². The predicted octanol–water partition coefficient (Wildman–Crippen LogP) is 3.44. The van der Waals surface area contributed by atoms with E-state index in [0.717, 1.165) is 64.7 Å². The lowest BCUT2D eigenvalue weighted by molar-refractivity contribution is 0.0341. The number of halogens is 1. The Kier molecular flexibility index (Phi) is 7.20. The van der Waals surface area contributed by atoms with Gasteiger partial charge in [0.15, 0.2) is 5.96 Å². The van der Waals surface area contributed by atoms with Crippen LogP contribution in [0.5, 0.6) is 0 Å². The topological polar surface area (TPSA) is 48.9 Å². The first-order chi connectivity index (χ1) is 15.2. The largest absolute Gasteiger partial charge is 0.379 e. The minimum Gasteiger partial charge on any atom is -0.379 e. The van der Waals surface area contributed by atoms with Gasteiger partial charge < -0.3 is 15.4 Å². The van der Waals surface area contributed by atoms with Gasteiger partial charge in [0.25, 0.3) is 0 Å². The van der Waals surface area contributed by atoms with Crippen molar-refractivity contribution in [1.82, 2.24) is 15.5 Å². The molecule has 0 atom stereocenters. The number of guanidine groups is 1. The molecule has 0 unspecified atom stereocenters. The van der Waals surface area contributed by atoms with Crippen molar-refractivity contribution in [1.29, 1.82) is 0 Å². The first-order valence-electron chi connectivity index (χ1n) is 11.3. The molecule has 4 rings (SSSR count). The monoisotopic (exact) mass is 424 g/mol. The maximum absolute atomic E-state index is 13.4. The summed E-state index contributed by atoms with van der Waals surface area (Å²) in [7, 11) is 1.81. The summed E-state index contributed by atoms with van der Waals surface area (Å²) < 4.78 is 18.8. The summed E-state index contributed by atoms with van der Waals surface area (Å²) >= 11 is 0. The quantitative estimate of drug-likeness (QED) is 0.528. The summed E-state index contributed by atoms with van der Waals surface area (Å²) in [5, 5.41) is 6.99.